The van der Waals surface area contributed by atoms with Gasteiger partial charge in [0.05, 0.1) is 7.11 Å². The molecule has 5 nitrogen and oxygen atoms in total. The Labute approximate surface area is 151 Å². The second-order valence-corrected chi connectivity index (χ2v) is 6.33. The molecule has 0 aliphatic carbocycles. The van der Waals surface area contributed by atoms with Crippen molar-refractivity contribution < 1.29 is 19.4 Å². The Bertz CT molecular complexity index is 930. The number of carboxylic acid groups (broad SMARTS) is 1. The molecular weight excluding hydrogens is 330 g/mol. The molecule has 3 aromatic rings. The lowest BCUT2D eigenvalue weighted by Crippen LogP contribution is -2.27. The highest BCUT2D eigenvalue weighted by Crippen LogP contribution is 2.36. The summed E-state index contributed by atoms with van der Waals surface area (Å²) in [4.78, 5) is 23.7. The zero-order valence-corrected chi connectivity index (χ0v) is 14.8. The van der Waals surface area contributed by atoms with Crippen LogP contribution in [0.25, 0.3) is 10.9 Å². The maximum atomic E-state index is 12.0. The van der Waals surface area contributed by atoms with Gasteiger partial charge in [-0.1, -0.05) is 48.5 Å². The van der Waals surface area contributed by atoms with Crippen LogP contribution in [0.2, 0.25) is 0 Å². The molecule has 1 N–H and O–H groups in total. The number of benzene rings is 2. The number of nitrogens with zero attached hydrogens (tertiary/aromatic N) is 1. The monoisotopic (exact) mass is 351 g/mol. The van der Waals surface area contributed by atoms with E-state index in [0.717, 1.165) is 22.0 Å². The van der Waals surface area contributed by atoms with Crippen LogP contribution < -0.4 is 0 Å². The van der Waals surface area contributed by atoms with Crippen molar-refractivity contribution in [2.45, 2.75) is 12.3 Å². The van der Waals surface area contributed by atoms with Gasteiger partial charge in [-0.25, -0.2) is 0 Å². The topological polar surface area (TPSA) is 68.5 Å². The Hall–Kier alpha value is -3.08. The van der Waals surface area contributed by atoms with Crippen molar-refractivity contribution in [3.8, 4) is 0 Å². The van der Waals surface area contributed by atoms with Crippen LogP contribution in [0.3, 0.4) is 0 Å². The summed E-state index contributed by atoms with van der Waals surface area (Å²) in [6.45, 7) is 0. The van der Waals surface area contributed by atoms with E-state index >= 15 is 0 Å². The normalized spacial score (nSPS) is 13.3. The average molecular weight is 351 g/mol. The summed E-state index contributed by atoms with van der Waals surface area (Å²) in [6, 6.07) is 17.7. The lowest BCUT2D eigenvalue weighted by atomic mass is 9.83. The number of carbonyl (C=O) groups excluding carboxylic acids is 1. The number of para-hydroxylation sites is 1. The number of fused-ring (bicyclic) bond motifs is 1. The zero-order valence-electron chi connectivity index (χ0n) is 14.8. The first-order chi connectivity index (χ1) is 12.5. The Kier molecular flexibility index (Phi) is 5.07. The first-order valence-electron chi connectivity index (χ1n) is 8.42. The van der Waals surface area contributed by atoms with E-state index in [2.05, 4.69) is 0 Å². The molecule has 5 heteroatoms. The Balaban J connectivity index is 2.12. The molecule has 2 aromatic carbocycles. The van der Waals surface area contributed by atoms with Gasteiger partial charge < -0.3 is 14.4 Å². The van der Waals surface area contributed by atoms with Crippen molar-refractivity contribution in [2.24, 2.45) is 13.0 Å². The van der Waals surface area contributed by atoms with Crippen molar-refractivity contribution in [3.05, 3.63) is 71.9 Å². The molecule has 0 radical (unpaired) electrons. The lowest BCUT2D eigenvalue weighted by molar-refractivity contribution is -0.157. The molecule has 1 aromatic heterocycles. The summed E-state index contributed by atoms with van der Waals surface area (Å²) in [7, 11) is 3.18. The number of aliphatic carboxylic acids is 1. The molecule has 0 saturated carbocycles. The van der Waals surface area contributed by atoms with Gasteiger partial charge in [-0.15, -0.1) is 0 Å². The highest BCUT2D eigenvalue weighted by atomic mass is 16.5. The van der Waals surface area contributed by atoms with Crippen molar-refractivity contribution in [2.75, 3.05) is 7.11 Å². The minimum atomic E-state index is -1.22. The number of esters is 1. The van der Waals surface area contributed by atoms with E-state index in [1.54, 1.807) is 0 Å². The van der Waals surface area contributed by atoms with E-state index in [1.807, 2.05) is 72.4 Å². The van der Waals surface area contributed by atoms with E-state index in [9.17, 15) is 14.7 Å². The summed E-state index contributed by atoms with van der Waals surface area (Å²) < 4.78 is 6.74. The molecule has 3 rings (SSSR count). The van der Waals surface area contributed by atoms with E-state index in [4.69, 9.17) is 4.74 Å². The third-order valence-corrected chi connectivity index (χ3v) is 4.76. The molecule has 0 aliphatic heterocycles. The summed E-state index contributed by atoms with van der Waals surface area (Å²) in [5.41, 5.74) is 3.04. The van der Waals surface area contributed by atoms with Crippen LogP contribution in [-0.2, 0) is 21.4 Å². The van der Waals surface area contributed by atoms with Crippen molar-refractivity contribution in [1.29, 1.82) is 0 Å². The van der Waals surface area contributed by atoms with E-state index < -0.39 is 17.9 Å². The van der Waals surface area contributed by atoms with Crippen molar-refractivity contribution >= 4 is 22.8 Å². The quantitative estimate of drug-likeness (QED) is 0.544. The van der Waals surface area contributed by atoms with Crippen LogP contribution in [0, 0.1) is 5.92 Å². The molecule has 2 unspecified atom stereocenters. The molecule has 0 fully saturated rings. The molecule has 0 amide bonds. The summed E-state index contributed by atoms with van der Waals surface area (Å²) in [5, 5.41) is 10.6. The number of ether oxygens (including phenoxy) is 1. The molecule has 26 heavy (non-hydrogen) atoms. The highest BCUT2D eigenvalue weighted by molar-refractivity contribution is 5.94. The van der Waals surface area contributed by atoms with Crippen LogP contribution in [0.5, 0.6) is 0 Å². The van der Waals surface area contributed by atoms with Crippen LogP contribution in [0.4, 0.5) is 0 Å². The summed E-state index contributed by atoms with van der Waals surface area (Å²) >= 11 is 0. The van der Waals surface area contributed by atoms with Crippen LogP contribution in [0.15, 0.2) is 60.8 Å². The van der Waals surface area contributed by atoms with Crippen LogP contribution >= 0.6 is 0 Å². The number of hydrogen-bond acceptors (Lipinski definition) is 3. The van der Waals surface area contributed by atoms with E-state index in [-0.39, 0.29) is 12.3 Å². The number of carboxylic acids is 1. The zero-order chi connectivity index (χ0) is 18.7. The fourth-order valence-electron chi connectivity index (χ4n) is 3.45. The smallest absolute Gasteiger partial charge is 0.320 e. The third-order valence-electron chi connectivity index (χ3n) is 4.76. The number of carbonyl (C=O) groups is 2. The number of rotatable bonds is 6. The molecule has 0 aliphatic rings. The van der Waals surface area contributed by atoms with E-state index in [0.29, 0.717) is 0 Å². The second-order valence-electron chi connectivity index (χ2n) is 6.33. The SMILES string of the molecule is COC(=O)C(CC(c1ccccc1)c1cn(C)c2ccccc12)C(=O)O. The van der Waals surface area contributed by atoms with Crippen molar-refractivity contribution in [1.82, 2.24) is 4.57 Å². The molecular formula is C21H21NO4. The largest absolute Gasteiger partial charge is 0.481 e. The van der Waals surface area contributed by atoms with Crippen LogP contribution in [-0.4, -0.2) is 28.7 Å². The Morgan fingerprint density at radius 3 is 2.38 bits per heavy atom. The van der Waals surface area contributed by atoms with Gasteiger partial charge in [-0.2, -0.15) is 0 Å². The summed E-state index contributed by atoms with van der Waals surface area (Å²) in [6.07, 6.45) is 2.15. The van der Waals surface area contributed by atoms with Crippen molar-refractivity contribution in [3.63, 3.8) is 0 Å². The highest BCUT2D eigenvalue weighted by Gasteiger charge is 2.32. The average Bonchev–Trinajstić information content (AvgIpc) is 2.99. The second kappa shape index (κ2) is 7.44. The number of methoxy groups -OCH3 is 1. The minimum absolute atomic E-state index is 0.139. The molecule has 1 heterocycles. The number of aromatic nitrogens is 1. The first-order valence-corrected chi connectivity index (χ1v) is 8.42. The first kappa shape index (κ1) is 17.7. The van der Waals surface area contributed by atoms with Gasteiger partial charge in [0.25, 0.3) is 0 Å². The predicted molar refractivity (Wildman–Crippen MR) is 99.0 cm³/mol. The summed E-state index contributed by atoms with van der Waals surface area (Å²) in [5.74, 6) is -3.34. The van der Waals surface area contributed by atoms with Gasteiger partial charge in [-0.3, -0.25) is 9.59 Å². The molecule has 0 spiro atoms. The lowest BCUT2D eigenvalue weighted by Gasteiger charge is -2.20. The molecule has 0 bridgehead atoms. The Morgan fingerprint density at radius 1 is 1.08 bits per heavy atom. The van der Waals surface area contributed by atoms with Gasteiger partial charge in [0.15, 0.2) is 5.92 Å². The maximum absolute atomic E-state index is 12.0. The Morgan fingerprint density at radius 2 is 1.73 bits per heavy atom. The van der Waals surface area contributed by atoms with E-state index in [1.165, 1.54) is 7.11 Å². The fraction of sp³-hybridized carbons (Fsp3) is 0.238. The van der Waals surface area contributed by atoms with Crippen LogP contribution in [0.1, 0.15) is 23.5 Å². The maximum Gasteiger partial charge on any atom is 0.320 e. The fourth-order valence-corrected chi connectivity index (χ4v) is 3.45. The van der Waals surface area contributed by atoms with Gasteiger partial charge >= 0.3 is 11.9 Å². The molecule has 134 valence electrons. The predicted octanol–water partition coefficient (Wildman–Crippen LogP) is 3.57. The molecule has 2 atom stereocenters. The third kappa shape index (κ3) is 3.33. The van der Waals surface area contributed by atoms with Gasteiger partial charge in [0.1, 0.15) is 0 Å². The standard InChI is InChI=1S/C21H21NO4/c1-22-13-18(15-10-6-7-11-19(15)22)16(14-8-4-3-5-9-14)12-17(20(23)24)21(25)26-2/h3-11,13,16-17H,12H2,1-2H3,(H,23,24). The number of hydrogen-bond donors (Lipinski definition) is 1. The van der Waals surface area contributed by atoms with Gasteiger partial charge in [0.2, 0.25) is 0 Å². The number of aryl methyl sites for hydroxylation is 1. The molecule has 0 saturated heterocycles. The van der Waals surface area contributed by atoms with Gasteiger partial charge in [0, 0.05) is 30.1 Å². The van der Waals surface area contributed by atoms with Gasteiger partial charge in [-0.05, 0) is 23.6 Å². The minimum Gasteiger partial charge on any atom is -0.481 e.